The van der Waals surface area contributed by atoms with E-state index in [0.29, 0.717) is 0 Å². The zero-order valence-electron chi connectivity index (χ0n) is 12.3. The number of aryl methyl sites for hydroxylation is 1. The molecule has 21 heavy (non-hydrogen) atoms. The van der Waals surface area contributed by atoms with E-state index in [1.807, 2.05) is 6.20 Å². The summed E-state index contributed by atoms with van der Waals surface area (Å²) in [6.07, 6.45) is 1.94. The lowest BCUT2D eigenvalue weighted by Gasteiger charge is -2.35. The molecule has 1 aromatic heterocycles. The highest BCUT2D eigenvalue weighted by molar-refractivity contribution is 9.10. The van der Waals surface area contributed by atoms with Gasteiger partial charge in [-0.1, -0.05) is 30.3 Å². The van der Waals surface area contributed by atoms with Crippen molar-refractivity contribution in [2.24, 2.45) is 0 Å². The molecular weight excluding hydrogens is 326 g/mol. The van der Waals surface area contributed by atoms with Gasteiger partial charge in [-0.2, -0.15) is 0 Å². The van der Waals surface area contributed by atoms with Gasteiger partial charge in [0.15, 0.2) is 0 Å². The summed E-state index contributed by atoms with van der Waals surface area (Å²) >= 11 is 3.63. The zero-order valence-corrected chi connectivity index (χ0v) is 13.9. The number of pyridine rings is 1. The van der Waals surface area contributed by atoms with Gasteiger partial charge in [-0.15, -0.1) is 0 Å². The highest BCUT2D eigenvalue weighted by atomic mass is 79.9. The minimum atomic E-state index is 1.03. The highest BCUT2D eigenvalue weighted by Crippen LogP contribution is 2.25. The van der Waals surface area contributed by atoms with Crippen molar-refractivity contribution in [1.29, 1.82) is 0 Å². The third-order valence-electron chi connectivity index (χ3n) is 3.88. The number of anilines is 1. The van der Waals surface area contributed by atoms with Gasteiger partial charge in [-0.3, -0.25) is 4.90 Å². The maximum atomic E-state index is 4.57. The fourth-order valence-electron chi connectivity index (χ4n) is 2.72. The number of rotatable bonds is 3. The number of piperazine rings is 1. The topological polar surface area (TPSA) is 19.4 Å². The molecule has 3 rings (SSSR count). The van der Waals surface area contributed by atoms with E-state index in [0.717, 1.165) is 43.0 Å². The monoisotopic (exact) mass is 345 g/mol. The summed E-state index contributed by atoms with van der Waals surface area (Å²) in [5.41, 5.74) is 2.58. The first-order valence-electron chi connectivity index (χ1n) is 7.36. The van der Waals surface area contributed by atoms with Gasteiger partial charge in [0.05, 0.1) is 4.47 Å². The Kier molecular flexibility index (Phi) is 4.56. The number of aromatic nitrogens is 1. The second-order valence-corrected chi connectivity index (χ2v) is 6.42. The Morgan fingerprint density at radius 2 is 1.81 bits per heavy atom. The fraction of sp³-hybridized carbons (Fsp3) is 0.353. The standard InChI is InChI=1S/C17H20BrN3/c1-14-11-16(18)17(19-12-14)21-9-7-20(8-10-21)13-15-5-3-2-4-6-15/h2-6,11-12H,7-10,13H2,1H3. The van der Waals surface area contributed by atoms with Gasteiger partial charge in [0.2, 0.25) is 0 Å². The van der Waals surface area contributed by atoms with Crippen LogP contribution in [0.1, 0.15) is 11.1 Å². The van der Waals surface area contributed by atoms with Gasteiger partial charge < -0.3 is 4.90 Å². The second kappa shape index (κ2) is 6.58. The molecule has 0 unspecified atom stereocenters. The molecule has 2 aromatic rings. The Hall–Kier alpha value is -1.39. The molecule has 1 aromatic carbocycles. The summed E-state index contributed by atoms with van der Waals surface area (Å²) in [5, 5.41) is 0. The van der Waals surface area contributed by atoms with Crippen LogP contribution in [0.3, 0.4) is 0 Å². The number of halogens is 1. The molecule has 1 aliphatic rings. The third-order valence-corrected chi connectivity index (χ3v) is 4.46. The van der Waals surface area contributed by atoms with Crippen molar-refractivity contribution in [2.45, 2.75) is 13.5 Å². The molecule has 0 bridgehead atoms. The molecule has 0 amide bonds. The van der Waals surface area contributed by atoms with Crippen molar-refractivity contribution < 1.29 is 0 Å². The van der Waals surface area contributed by atoms with Gasteiger partial charge in [0, 0.05) is 38.9 Å². The molecule has 0 N–H and O–H groups in total. The lowest BCUT2D eigenvalue weighted by molar-refractivity contribution is 0.249. The summed E-state index contributed by atoms with van der Waals surface area (Å²) in [4.78, 5) is 9.44. The Labute approximate surface area is 134 Å². The van der Waals surface area contributed by atoms with Crippen LogP contribution in [0.4, 0.5) is 5.82 Å². The predicted molar refractivity (Wildman–Crippen MR) is 90.6 cm³/mol. The van der Waals surface area contributed by atoms with E-state index in [9.17, 15) is 0 Å². The minimum absolute atomic E-state index is 1.03. The average Bonchev–Trinajstić information content (AvgIpc) is 2.49. The zero-order chi connectivity index (χ0) is 14.7. The molecule has 1 aliphatic heterocycles. The van der Waals surface area contributed by atoms with Crippen LogP contribution in [0.25, 0.3) is 0 Å². The highest BCUT2D eigenvalue weighted by Gasteiger charge is 2.19. The SMILES string of the molecule is Cc1cnc(N2CCN(Cc3ccccc3)CC2)c(Br)c1. The quantitative estimate of drug-likeness (QED) is 0.848. The van der Waals surface area contributed by atoms with Crippen LogP contribution in [0.15, 0.2) is 47.1 Å². The summed E-state index contributed by atoms with van der Waals surface area (Å²) < 4.78 is 1.10. The van der Waals surface area contributed by atoms with Gasteiger partial charge in [-0.05, 0) is 40.0 Å². The van der Waals surface area contributed by atoms with Crippen LogP contribution >= 0.6 is 15.9 Å². The third kappa shape index (κ3) is 3.63. The molecule has 0 atom stereocenters. The van der Waals surface area contributed by atoms with Crippen LogP contribution < -0.4 is 4.90 Å². The molecule has 4 heteroatoms. The second-order valence-electron chi connectivity index (χ2n) is 5.57. The Balaban J connectivity index is 1.60. The molecule has 1 fully saturated rings. The van der Waals surface area contributed by atoms with Crippen molar-refractivity contribution in [3.63, 3.8) is 0 Å². The van der Waals surface area contributed by atoms with Crippen LogP contribution in [-0.4, -0.2) is 36.1 Å². The molecule has 3 nitrogen and oxygen atoms in total. The normalized spacial score (nSPS) is 16.2. The maximum absolute atomic E-state index is 4.57. The van der Waals surface area contributed by atoms with E-state index in [2.05, 4.69) is 74.0 Å². The number of benzene rings is 1. The summed E-state index contributed by atoms with van der Waals surface area (Å²) in [6, 6.07) is 12.8. The van der Waals surface area contributed by atoms with E-state index < -0.39 is 0 Å². The first-order chi connectivity index (χ1) is 10.2. The van der Waals surface area contributed by atoms with E-state index >= 15 is 0 Å². The number of nitrogens with zero attached hydrogens (tertiary/aromatic N) is 3. The van der Waals surface area contributed by atoms with Gasteiger partial charge in [0.25, 0.3) is 0 Å². The van der Waals surface area contributed by atoms with E-state index in [1.165, 1.54) is 11.1 Å². The maximum Gasteiger partial charge on any atom is 0.142 e. The Morgan fingerprint density at radius 3 is 2.48 bits per heavy atom. The molecular formula is C17H20BrN3. The Morgan fingerprint density at radius 1 is 1.10 bits per heavy atom. The van der Waals surface area contributed by atoms with Crippen molar-refractivity contribution >= 4 is 21.7 Å². The molecule has 0 radical (unpaired) electrons. The van der Waals surface area contributed by atoms with Crippen molar-refractivity contribution in [2.75, 3.05) is 31.1 Å². The summed E-state index contributed by atoms with van der Waals surface area (Å²) in [7, 11) is 0. The minimum Gasteiger partial charge on any atom is -0.353 e. The molecule has 2 heterocycles. The number of hydrogen-bond acceptors (Lipinski definition) is 3. The lowest BCUT2D eigenvalue weighted by Crippen LogP contribution is -2.46. The molecule has 0 aliphatic carbocycles. The largest absolute Gasteiger partial charge is 0.353 e. The van der Waals surface area contributed by atoms with Crippen molar-refractivity contribution in [1.82, 2.24) is 9.88 Å². The van der Waals surface area contributed by atoms with Crippen LogP contribution in [0.2, 0.25) is 0 Å². The Bertz CT molecular complexity index is 592. The van der Waals surface area contributed by atoms with Crippen LogP contribution in [0.5, 0.6) is 0 Å². The molecule has 0 spiro atoms. The van der Waals surface area contributed by atoms with Gasteiger partial charge in [0.1, 0.15) is 5.82 Å². The first kappa shape index (κ1) is 14.5. The van der Waals surface area contributed by atoms with Gasteiger partial charge in [-0.25, -0.2) is 4.98 Å². The number of hydrogen-bond donors (Lipinski definition) is 0. The van der Waals surface area contributed by atoms with Gasteiger partial charge >= 0.3 is 0 Å². The predicted octanol–water partition coefficient (Wildman–Crippen LogP) is 3.47. The fourth-order valence-corrected chi connectivity index (χ4v) is 3.43. The van der Waals surface area contributed by atoms with E-state index in [1.54, 1.807) is 0 Å². The van der Waals surface area contributed by atoms with E-state index in [4.69, 9.17) is 0 Å². The average molecular weight is 346 g/mol. The van der Waals surface area contributed by atoms with Crippen LogP contribution in [0, 0.1) is 6.92 Å². The van der Waals surface area contributed by atoms with Crippen molar-refractivity contribution in [3.8, 4) is 0 Å². The first-order valence-corrected chi connectivity index (χ1v) is 8.15. The van der Waals surface area contributed by atoms with Crippen LogP contribution in [-0.2, 0) is 6.54 Å². The molecule has 110 valence electrons. The van der Waals surface area contributed by atoms with E-state index in [-0.39, 0.29) is 0 Å². The smallest absolute Gasteiger partial charge is 0.142 e. The molecule has 1 saturated heterocycles. The summed E-state index contributed by atoms with van der Waals surface area (Å²) in [5.74, 6) is 1.07. The summed E-state index contributed by atoms with van der Waals surface area (Å²) in [6.45, 7) is 7.33. The molecule has 0 saturated carbocycles. The lowest BCUT2D eigenvalue weighted by atomic mass is 10.2. The van der Waals surface area contributed by atoms with Crippen molar-refractivity contribution in [3.05, 3.63) is 58.2 Å².